The molecule has 0 N–H and O–H groups in total. The largest absolute Gasteiger partial charge is 0.493 e. The average molecular weight is 549 g/mol. The molecule has 0 radical (unpaired) electrons. The Morgan fingerprint density at radius 1 is 0.625 bits per heavy atom. The van der Waals surface area contributed by atoms with Crippen molar-refractivity contribution in [2.45, 2.75) is 52.7 Å². The number of hydrogen-bond acceptors (Lipinski definition) is 7. The van der Waals surface area contributed by atoms with E-state index in [4.69, 9.17) is 23.7 Å². The summed E-state index contributed by atoms with van der Waals surface area (Å²) < 4.78 is 31.1. The van der Waals surface area contributed by atoms with Gasteiger partial charge in [-0.2, -0.15) is 0 Å². The van der Waals surface area contributed by atoms with Gasteiger partial charge < -0.3 is 23.7 Å². The first-order chi connectivity index (χ1) is 18.8. The number of fused-ring (bicyclic) bond motifs is 1. The Labute approximate surface area is 234 Å². The molecule has 0 aliphatic heterocycles. The molecule has 0 saturated heterocycles. The lowest BCUT2D eigenvalue weighted by molar-refractivity contribution is 0.0525. The van der Waals surface area contributed by atoms with Crippen LogP contribution < -0.4 is 14.2 Å². The molecule has 0 aliphatic rings. The third-order valence-electron chi connectivity index (χ3n) is 5.97. The van der Waals surface area contributed by atoms with Gasteiger partial charge in [0.05, 0.1) is 43.9 Å². The summed E-state index contributed by atoms with van der Waals surface area (Å²) in [5, 5.41) is 0.814. The second kappa shape index (κ2) is 10.6. The van der Waals surface area contributed by atoms with Crippen molar-refractivity contribution in [1.29, 1.82) is 0 Å². The molecular weight excluding hydrogens is 512 g/mol. The zero-order valence-electron chi connectivity index (χ0n) is 24.4. The number of rotatable bonds is 5. The van der Waals surface area contributed by atoms with Crippen LogP contribution in [0, 0.1) is 0 Å². The van der Waals surface area contributed by atoms with Crippen LogP contribution in [0.1, 0.15) is 41.5 Å². The van der Waals surface area contributed by atoms with E-state index in [1.165, 1.54) is 30.5 Å². The summed E-state index contributed by atoms with van der Waals surface area (Å²) in [7, 11) is 4.58. The van der Waals surface area contributed by atoms with Gasteiger partial charge in [0.15, 0.2) is 11.5 Å². The van der Waals surface area contributed by atoms with Crippen molar-refractivity contribution in [2.75, 3.05) is 21.3 Å². The fraction of sp³-hybridized carbons (Fsp3) is 0.355. The number of carbonyl (C=O) groups is 2. The van der Waals surface area contributed by atoms with E-state index in [1.807, 2.05) is 51.1 Å². The maximum absolute atomic E-state index is 13.8. The summed E-state index contributed by atoms with van der Waals surface area (Å²) in [6.45, 7) is 10.8. The van der Waals surface area contributed by atoms with Crippen molar-refractivity contribution >= 4 is 23.1 Å². The molecule has 0 unspecified atom stereocenters. The molecular formula is C31H36N2O7. The molecule has 0 atom stereocenters. The Balaban J connectivity index is 2.02. The van der Waals surface area contributed by atoms with Crippen LogP contribution in [0.2, 0.25) is 0 Å². The number of hydrogen-bond donors (Lipinski definition) is 0. The Hall–Kier alpha value is -4.40. The quantitative estimate of drug-likeness (QED) is 0.257. The van der Waals surface area contributed by atoms with Crippen molar-refractivity contribution in [2.24, 2.45) is 0 Å². The maximum atomic E-state index is 13.8. The molecule has 0 aliphatic carbocycles. The van der Waals surface area contributed by atoms with Crippen molar-refractivity contribution in [3.63, 3.8) is 0 Å². The highest BCUT2D eigenvalue weighted by Crippen LogP contribution is 2.42. The molecule has 9 heteroatoms. The normalized spacial score (nSPS) is 11.8. The summed E-state index contributed by atoms with van der Waals surface area (Å²) in [6.07, 6.45) is -1.17. The summed E-state index contributed by atoms with van der Waals surface area (Å²) in [5.41, 5.74) is 1.19. The summed E-state index contributed by atoms with van der Waals surface area (Å²) in [5.74, 6) is 1.28. The number of carbonyl (C=O) groups excluding carboxylic acids is 2. The molecule has 0 spiro atoms. The summed E-state index contributed by atoms with van der Waals surface area (Å²) in [4.78, 5) is 27.3. The van der Waals surface area contributed by atoms with E-state index < -0.39 is 23.4 Å². The van der Waals surface area contributed by atoms with Crippen LogP contribution in [0.5, 0.6) is 17.2 Å². The van der Waals surface area contributed by atoms with Crippen LogP contribution in [0.4, 0.5) is 9.59 Å². The fourth-order valence-corrected chi connectivity index (χ4v) is 4.44. The number of para-hydroxylation sites is 1. The molecule has 9 nitrogen and oxygen atoms in total. The van der Waals surface area contributed by atoms with Gasteiger partial charge in [-0.3, -0.25) is 0 Å². The van der Waals surface area contributed by atoms with Gasteiger partial charge in [0.25, 0.3) is 0 Å². The molecule has 2 aromatic heterocycles. The standard InChI is InChI=1S/C31H36N2O7/c1-30(2,3)39-28(34)32-22(20-17-25(36-7)27(38-9)26(18-20)37-8)14-15-23(32)24-16-19-12-10-11-13-21(19)33(24)29(35)40-31(4,5)6/h10-18H,1-9H3. The molecule has 2 aromatic carbocycles. The van der Waals surface area contributed by atoms with Crippen molar-refractivity contribution in [3.8, 4) is 39.9 Å². The van der Waals surface area contributed by atoms with Crippen LogP contribution in [0.3, 0.4) is 0 Å². The lowest BCUT2D eigenvalue weighted by atomic mass is 10.1. The van der Waals surface area contributed by atoms with Crippen molar-refractivity contribution in [3.05, 3.63) is 54.6 Å². The smallest absolute Gasteiger partial charge is 0.419 e. The first-order valence-corrected chi connectivity index (χ1v) is 12.9. The van der Waals surface area contributed by atoms with E-state index in [9.17, 15) is 9.59 Å². The number of aromatic nitrogens is 2. The highest BCUT2D eigenvalue weighted by Gasteiger charge is 2.29. The fourth-order valence-electron chi connectivity index (χ4n) is 4.44. The number of benzene rings is 2. The van der Waals surface area contributed by atoms with E-state index >= 15 is 0 Å². The number of methoxy groups -OCH3 is 3. The zero-order chi connectivity index (χ0) is 29.4. The second-order valence-corrected chi connectivity index (χ2v) is 11.2. The maximum Gasteiger partial charge on any atom is 0.419 e. The Morgan fingerprint density at radius 3 is 1.68 bits per heavy atom. The first-order valence-electron chi connectivity index (χ1n) is 12.9. The summed E-state index contributed by atoms with van der Waals surface area (Å²) >= 11 is 0. The van der Waals surface area contributed by atoms with Gasteiger partial charge in [-0.05, 0) is 77.9 Å². The van der Waals surface area contributed by atoms with E-state index in [-0.39, 0.29) is 0 Å². The topological polar surface area (TPSA) is 90.2 Å². The van der Waals surface area contributed by atoms with Crippen LogP contribution in [0.25, 0.3) is 33.5 Å². The lowest BCUT2D eigenvalue weighted by Gasteiger charge is -2.23. The van der Waals surface area contributed by atoms with E-state index in [2.05, 4.69) is 0 Å². The predicted molar refractivity (Wildman–Crippen MR) is 154 cm³/mol. The van der Waals surface area contributed by atoms with Gasteiger partial charge in [0.2, 0.25) is 5.75 Å². The highest BCUT2D eigenvalue weighted by molar-refractivity contribution is 5.97. The van der Waals surface area contributed by atoms with Crippen molar-refractivity contribution in [1.82, 2.24) is 9.13 Å². The molecule has 4 aromatic rings. The molecule has 212 valence electrons. The second-order valence-electron chi connectivity index (χ2n) is 11.2. The SMILES string of the molecule is COc1cc(-c2ccc(-c3cc4ccccc4n3C(=O)OC(C)(C)C)n2C(=O)OC(C)(C)C)cc(OC)c1OC. The molecule has 0 bridgehead atoms. The third-order valence-corrected chi connectivity index (χ3v) is 5.97. The first kappa shape index (κ1) is 28.6. The van der Waals surface area contributed by atoms with Crippen LogP contribution in [0.15, 0.2) is 54.6 Å². The Morgan fingerprint density at radius 2 is 1.15 bits per heavy atom. The van der Waals surface area contributed by atoms with Gasteiger partial charge in [0, 0.05) is 10.9 Å². The minimum absolute atomic E-state index is 0.425. The van der Waals surface area contributed by atoms with Crippen LogP contribution >= 0.6 is 0 Å². The number of ether oxygens (including phenoxy) is 5. The molecule has 0 saturated carbocycles. The van der Waals surface area contributed by atoms with Crippen molar-refractivity contribution < 1.29 is 33.3 Å². The van der Waals surface area contributed by atoms with Gasteiger partial charge in [0.1, 0.15) is 11.2 Å². The molecule has 0 amide bonds. The minimum Gasteiger partial charge on any atom is -0.493 e. The molecule has 4 rings (SSSR count). The van der Waals surface area contributed by atoms with Gasteiger partial charge in [-0.15, -0.1) is 0 Å². The zero-order valence-corrected chi connectivity index (χ0v) is 24.4. The van der Waals surface area contributed by atoms with Crippen LogP contribution in [-0.2, 0) is 9.47 Å². The van der Waals surface area contributed by atoms with E-state index in [0.717, 1.165) is 5.39 Å². The van der Waals surface area contributed by atoms with E-state index in [1.54, 1.807) is 45.0 Å². The summed E-state index contributed by atoms with van der Waals surface area (Å²) in [6, 6.07) is 16.4. The monoisotopic (exact) mass is 548 g/mol. The average Bonchev–Trinajstić information content (AvgIpc) is 3.47. The van der Waals surface area contributed by atoms with Crippen LogP contribution in [-0.4, -0.2) is 53.9 Å². The van der Waals surface area contributed by atoms with Gasteiger partial charge in [-0.25, -0.2) is 18.7 Å². The molecule has 2 heterocycles. The Kier molecular flexibility index (Phi) is 7.61. The minimum atomic E-state index is -0.775. The molecule has 0 fully saturated rings. The third kappa shape index (κ3) is 5.64. The molecule has 40 heavy (non-hydrogen) atoms. The van der Waals surface area contributed by atoms with E-state index in [0.29, 0.717) is 45.4 Å². The van der Waals surface area contributed by atoms with Gasteiger partial charge in [-0.1, -0.05) is 18.2 Å². The van der Waals surface area contributed by atoms with Gasteiger partial charge >= 0.3 is 12.2 Å². The lowest BCUT2D eigenvalue weighted by Crippen LogP contribution is -2.29. The predicted octanol–water partition coefficient (Wildman–Crippen LogP) is 7.37. The Bertz CT molecular complexity index is 1540. The number of nitrogens with zero attached hydrogens (tertiary/aromatic N) is 2. The highest BCUT2D eigenvalue weighted by atomic mass is 16.6.